The van der Waals surface area contributed by atoms with Crippen LogP contribution in [0, 0.1) is 0 Å². The number of rotatable bonds is 4. The molecule has 7 heteroatoms. The van der Waals surface area contributed by atoms with Crippen molar-refractivity contribution in [3.63, 3.8) is 0 Å². The maximum absolute atomic E-state index is 11.9. The van der Waals surface area contributed by atoms with Crippen molar-refractivity contribution in [2.45, 2.75) is 0 Å². The van der Waals surface area contributed by atoms with E-state index >= 15 is 0 Å². The highest BCUT2D eigenvalue weighted by Gasteiger charge is 2.12. The van der Waals surface area contributed by atoms with Crippen molar-refractivity contribution < 1.29 is 9.53 Å². The lowest BCUT2D eigenvalue weighted by Gasteiger charge is -2.11. The summed E-state index contributed by atoms with van der Waals surface area (Å²) in [5, 5.41) is 3.45. The summed E-state index contributed by atoms with van der Waals surface area (Å²) in [5.41, 5.74) is 6.45. The third-order valence-corrected chi connectivity index (χ3v) is 3.36. The van der Waals surface area contributed by atoms with Gasteiger partial charge < -0.3 is 15.8 Å². The van der Waals surface area contributed by atoms with Crippen molar-refractivity contribution >= 4 is 52.1 Å². The minimum absolute atomic E-state index is 0.219. The fourth-order valence-corrected chi connectivity index (χ4v) is 2.50. The lowest BCUT2D eigenvalue weighted by atomic mass is 10.3. The monoisotopic (exact) mass is 344 g/mol. The summed E-state index contributed by atoms with van der Waals surface area (Å²) in [6, 6.07) is 9.86. The van der Waals surface area contributed by atoms with E-state index in [1.165, 1.54) is 12.1 Å². The van der Waals surface area contributed by atoms with E-state index in [0.29, 0.717) is 16.5 Å². The Balaban J connectivity index is 2.01. The van der Waals surface area contributed by atoms with Gasteiger partial charge in [-0.25, -0.2) is 0 Å². The number of hydrogen-bond donors (Lipinski definition) is 2. The number of nitrogens with one attached hydrogen (secondary N) is 1. The molecule has 21 heavy (non-hydrogen) atoms. The molecule has 3 N–H and O–H groups in total. The van der Waals surface area contributed by atoms with Crippen molar-refractivity contribution in [1.82, 2.24) is 0 Å². The smallest absolute Gasteiger partial charge is 0.262 e. The number of carbonyl (C=O) groups is 1. The molecule has 0 spiro atoms. The molecule has 0 fully saturated rings. The molecule has 110 valence electrons. The molecular formula is C14H11Cl3N2O2. The predicted octanol–water partition coefficient (Wildman–Crippen LogP) is 4.25. The van der Waals surface area contributed by atoms with Crippen LogP contribution in [-0.2, 0) is 4.79 Å². The molecule has 0 saturated carbocycles. The molecule has 0 bridgehead atoms. The molecule has 0 aliphatic heterocycles. The van der Waals surface area contributed by atoms with Crippen LogP contribution in [0.25, 0.3) is 0 Å². The number of halogens is 3. The van der Waals surface area contributed by atoms with Crippen molar-refractivity contribution in [1.29, 1.82) is 0 Å². The van der Waals surface area contributed by atoms with Crippen LogP contribution in [0.2, 0.25) is 15.1 Å². The first-order valence-electron chi connectivity index (χ1n) is 5.89. The van der Waals surface area contributed by atoms with Gasteiger partial charge in [0, 0.05) is 5.02 Å². The van der Waals surface area contributed by atoms with Gasteiger partial charge in [-0.3, -0.25) is 4.79 Å². The van der Waals surface area contributed by atoms with Gasteiger partial charge in [0.1, 0.15) is 5.75 Å². The van der Waals surface area contributed by atoms with Gasteiger partial charge in [0.25, 0.3) is 5.91 Å². The molecule has 0 aliphatic rings. The average molecular weight is 346 g/mol. The predicted molar refractivity (Wildman–Crippen MR) is 86.5 cm³/mol. The topological polar surface area (TPSA) is 64.3 Å². The van der Waals surface area contributed by atoms with Crippen LogP contribution in [0.4, 0.5) is 11.4 Å². The van der Waals surface area contributed by atoms with Crippen molar-refractivity contribution in [3.8, 4) is 5.75 Å². The molecule has 0 radical (unpaired) electrons. The Morgan fingerprint density at radius 3 is 2.38 bits per heavy atom. The van der Waals surface area contributed by atoms with Crippen LogP contribution in [0.1, 0.15) is 0 Å². The fraction of sp³-hybridized carbons (Fsp3) is 0.0714. The average Bonchev–Trinajstić information content (AvgIpc) is 2.42. The maximum atomic E-state index is 11.9. The zero-order valence-electron chi connectivity index (χ0n) is 10.7. The van der Waals surface area contributed by atoms with Crippen molar-refractivity contribution in [2.75, 3.05) is 17.7 Å². The number of benzene rings is 2. The normalized spacial score (nSPS) is 10.2. The Morgan fingerprint density at radius 2 is 1.76 bits per heavy atom. The second-order valence-electron chi connectivity index (χ2n) is 4.12. The quantitative estimate of drug-likeness (QED) is 0.814. The minimum atomic E-state index is -0.413. The molecule has 2 aromatic carbocycles. The van der Waals surface area contributed by atoms with Crippen LogP contribution in [0.3, 0.4) is 0 Å². The van der Waals surface area contributed by atoms with Gasteiger partial charge >= 0.3 is 0 Å². The molecule has 0 atom stereocenters. The summed E-state index contributed by atoms with van der Waals surface area (Å²) in [6.07, 6.45) is 0. The number of nitrogens with two attached hydrogens (primary N) is 1. The van der Waals surface area contributed by atoms with Gasteiger partial charge in [-0.15, -0.1) is 0 Å². The molecule has 0 saturated heterocycles. The Morgan fingerprint density at radius 1 is 1.14 bits per heavy atom. The minimum Gasteiger partial charge on any atom is -0.482 e. The van der Waals surface area contributed by atoms with E-state index in [0.717, 1.165) is 0 Å². The van der Waals surface area contributed by atoms with Crippen LogP contribution in [0.5, 0.6) is 5.75 Å². The largest absolute Gasteiger partial charge is 0.482 e. The molecular weight excluding hydrogens is 335 g/mol. The lowest BCUT2D eigenvalue weighted by molar-refractivity contribution is -0.118. The number of anilines is 2. The van der Waals surface area contributed by atoms with E-state index in [-0.39, 0.29) is 22.3 Å². The lowest BCUT2D eigenvalue weighted by Crippen LogP contribution is -2.20. The summed E-state index contributed by atoms with van der Waals surface area (Å²) >= 11 is 17.8. The van der Waals surface area contributed by atoms with Crippen LogP contribution >= 0.6 is 34.8 Å². The van der Waals surface area contributed by atoms with Gasteiger partial charge in [-0.1, -0.05) is 46.9 Å². The summed E-state index contributed by atoms with van der Waals surface area (Å²) in [4.78, 5) is 11.9. The van der Waals surface area contributed by atoms with Crippen molar-refractivity contribution in [2.24, 2.45) is 0 Å². The zero-order chi connectivity index (χ0) is 15.4. The third-order valence-electron chi connectivity index (χ3n) is 2.55. The number of para-hydroxylation sites is 2. The van der Waals surface area contributed by atoms with Crippen LogP contribution < -0.4 is 15.8 Å². The van der Waals surface area contributed by atoms with E-state index in [1.807, 2.05) is 0 Å². The van der Waals surface area contributed by atoms with Gasteiger partial charge in [-0.05, 0) is 24.3 Å². The van der Waals surface area contributed by atoms with Gasteiger partial charge in [0.2, 0.25) is 0 Å². The number of hydrogen-bond acceptors (Lipinski definition) is 3. The third kappa shape index (κ3) is 4.17. The molecule has 2 aromatic rings. The first kappa shape index (κ1) is 15.8. The Hall–Kier alpha value is -1.62. The summed E-state index contributed by atoms with van der Waals surface area (Å²) < 4.78 is 5.32. The standard InChI is InChI=1S/C14H11Cl3N2O2/c15-8-5-9(16)14(10(17)6-8)19-13(20)7-21-12-4-2-1-3-11(12)18/h1-6H,7,18H2,(H,19,20). The number of nitrogen functional groups attached to an aromatic ring is 1. The van der Waals surface area contributed by atoms with E-state index in [2.05, 4.69) is 5.32 Å². The van der Waals surface area contributed by atoms with E-state index in [4.69, 9.17) is 45.3 Å². The van der Waals surface area contributed by atoms with E-state index in [9.17, 15) is 4.79 Å². The van der Waals surface area contributed by atoms with Gasteiger partial charge in [0.05, 0.1) is 21.4 Å². The summed E-state index contributed by atoms with van der Waals surface area (Å²) in [7, 11) is 0. The van der Waals surface area contributed by atoms with Gasteiger partial charge in [0.15, 0.2) is 6.61 Å². The number of amides is 1. The van der Waals surface area contributed by atoms with Crippen molar-refractivity contribution in [3.05, 3.63) is 51.5 Å². The number of ether oxygens (including phenoxy) is 1. The number of carbonyl (C=O) groups excluding carboxylic acids is 1. The summed E-state index contributed by atoms with van der Waals surface area (Å²) in [5.74, 6) is 0.0188. The SMILES string of the molecule is Nc1ccccc1OCC(=O)Nc1c(Cl)cc(Cl)cc1Cl. The highest BCUT2D eigenvalue weighted by molar-refractivity contribution is 6.42. The Kier molecular flexibility index (Phi) is 5.17. The molecule has 0 aliphatic carbocycles. The molecule has 0 aromatic heterocycles. The summed E-state index contributed by atoms with van der Waals surface area (Å²) in [6.45, 7) is -0.219. The van der Waals surface area contributed by atoms with Gasteiger partial charge in [-0.2, -0.15) is 0 Å². The molecule has 4 nitrogen and oxygen atoms in total. The van der Waals surface area contributed by atoms with E-state index < -0.39 is 5.91 Å². The first-order chi connectivity index (χ1) is 9.97. The van der Waals surface area contributed by atoms with Crippen LogP contribution in [-0.4, -0.2) is 12.5 Å². The second kappa shape index (κ2) is 6.89. The Labute approximate surface area is 136 Å². The fourth-order valence-electron chi connectivity index (χ4n) is 1.59. The second-order valence-corrected chi connectivity index (χ2v) is 5.37. The highest BCUT2D eigenvalue weighted by atomic mass is 35.5. The highest BCUT2D eigenvalue weighted by Crippen LogP contribution is 2.33. The zero-order valence-corrected chi connectivity index (χ0v) is 13.0. The Bertz CT molecular complexity index is 654. The van der Waals surface area contributed by atoms with E-state index in [1.54, 1.807) is 24.3 Å². The first-order valence-corrected chi connectivity index (χ1v) is 7.02. The maximum Gasteiger partial charge on any atom is 0.262 e. The van der Waals surface area contributed by atoms with Crippen LogP contribution in [0.15, 0.2) is 36.4 Å². The molecule has 0 unspecified atom stereocenters. The molecule has 2 rings (SSSR count). The molecule has 1 amide bonds. The molecule has 0 heterocycles.